The Labute approximate surface area is 117 Å². The Bertz CT molecular complexity index is 364. The lowest BCUT2D eigenvalue weighted by molar-refractivity contribution is -0.127. The highest BCUT2D eigenvalue weighted by Gasteiger charge is 2.41. The van der Waals surface area contributed by atoms with Gasteiger partial charge in [-0.25, -0.2) is 0 Å². The van der Waals surface area contributed by atoms with Crippen LogP contribution in [0.1, 0.15) is 12.0 Å². The number of likely N-dealkylation sites (tertiary alicyclic amines) is 1. The maximum atomic E-state index is 11.9. The van der Waals surface area contributed by atoms with Crippen LogP contribution in [0.2, 0.25) is 0 Å². The summed E-state index contributed by atoms with van der Waals surface area (Å²) in [6, 6.07) is 10.1. The summed E-state index contributed by atoms with van der Waals surface area (Å²) in [6.45, 7) is 1.62. The van der Waals surface area contributed by atoms with E-state index < -0.39 is 0 Å². The molecule has 4 heteroatoms. The Morgan fingerprint density at radius 1 is 1.27 bits per heavy atom. The highest BCUT2D eigenvalue weighted by molar-refractivity contribution is 14.2. The van der Waals surface area contributed by atoms with Crippen molar-refractivity contribution in [2.75, 3.05) is 6.54 Å². The monoisotopic (exact) mass is 427 g/mol. The van der Waals surface area contributed by atoms with Gasteiger partial charge in [0.2, 0.25) is 5.91 Å². The molecule has 1 aliphatic heterocycles. The van der Waals surface area contributed by atoms with Crippen molar-refractivity contribution in [2.24, 2.45) is 0 Å². The molecule has 0 spiro atoms. The number of hydrogen-bond donors (Lipinski definition) is 0. The normalized spacial score (nSPS) is 19.6. The van der Waals surface area contributed by atoms with E-state index in [0.29, 0.717) is 0 Å². The number of nitrogens with zero attached hydrogens (tertiary/aromatic N) is 1. The van der Waals surface area contributed by atoms with E-state index in [-0.39, 0.29) is 7.34 Å². The quantitative estimate of drug-likeness (QED) is 0.526. The lowest BCUT2D eigenvalue weighted by Crippen LogP contribution is -2.30. The molecule has 0 bridgehead atoms. The summed E-state index contributed by atoms with van der Waals surface area (Å²) in [6.07, 6.45) is 0.944. The van der Waals surface area contributed by atoms with E-state index in [4.69, 9.17) is 0 Å². The largest absolute Gasteiger partial charge is 0.336 e. The molecule has 1 aromatic carbocycles. The second-order valence-electron chi connectivity index (χ2n) is 3.67. The van der Waals surface area contributed by atoms with Crippen molar-refractivity contribution in [2.45, 2.75) is 14.4 Å². The Morgan fingerprint density at radius 2 is 1.93 bits per heavy atom. The number of rotatable bonds is 2. The molecule has 0 aliphatic carbocycles. The smallest absolute Gasteiger partial charge is 0.248 e. The molecule has 1 aliphatic rings. The molecule has 1 amide bonds. The molecule has 80 valence electrons. The van der Waals surface area contributed by atoms with Gasteiger partial charge in [-0.05, 0) is 12.0 Å². The van der Waals surface area contributed by atoms with Crippen LogP contribution < -0.4 is 0 Å². The van der Waals surface area contributed by atoms with Crippen LogP contribution in [0.25, 0.3) is 0 Å². The Morgan fingerprint density at radius 3 is 2.47 bits per heavy atom. The number of hydrogen-bond acceptors (Lipinski definition) is 1. The van der Waals surface area contributed by atoms with Crippen LogP contribution in [0.5, 0.6) is 0 Å². The minimum Gasteiger partial charge on any atom is -0.336 e. The number of carbonyl (C=O) groups is 1. The van der Waals surface area contributed by atoms with Crippen LogP contribution >= 0.6 is 45.2 Å². The van der Waals surface area contributed by atoms with Crippen molar-refractivity contribution < 1.29 is 4.79 Å². The third kappa shape index (κ3) is 2.64. The summed E-state index contributed by atoms with van der Waals surface area (Å²) >= 11 is 4.49. The molecule has 1 fully saturated rings. The summed E-state index contributed by atoms with van der Waals surface area (Å²) in [5, 5.41) is 0. The number of carbonyl (C=O) groups excluding carboxylic acids is 1. The van der Waals surface area contributed by atoms with E-state index in [1.165, 1.54) is 5.56 Å². The second-order valence-corrected chi connectivity index (χ2v) is 9.41. The van der Waals surface area contributed by atoms with Crippen LogP contribution in [0.15, 0.2) is 30.3 Å². The van der Waals surface area contributed by atoms with Crippen LogP contribution in [0, 0.1) is 0 Å². The maximum absolute atomic E-state index is 11.9. The van der Waals surface area contributed by atoms with Crippen molar-refractivity contribution >= 4 is 51.1 Å². The number of benzene rings is 1. The highest BCUT2D eigenvalue weighted by Crippen LogP contribution is 2.39. The van der Waals surface area contributed by atoms with Gasteiger partial charge < -0.3 is 4.90 Å². The predicted molar refractivity (Wildman–Crippen MR) is 77.2 cm³/mol. The fourth-order valence-corrected chi connectivity index (χ4v) is 2.83. The van der Waals surface area contributed by atoms with Gasteiger partial charge in [0.15, 0.2) is 1.43 Å². The van der Waals surface area contributed by atoms with Gasteiger partial charge in [0, 0.05) is 13.1 Å². The Balaban J connectivity index is 2.06. The third-order valence-corrected chi connectivity index (χ3v) is 4.51. The standard InChI is InChI=1S/C11H11I2NO/c12-11(13)6-7-14(10(11)15)8-9-4-2-1-3-5-9/h1-5H,6-8H2. The van der Waals surface area contributed by atoms with Gasteiger partial charge in [-0.15, -0.1) is 0 Å². The van der Waals surface area contributed by atoms with Crippen molar-refractivity contribution in [3.8, 4) is 0 Å². The number of alkyl halides is 2. The average Bonchev–Trinajstić information content (AvgIpc) is 2.47. The SMILES string of the molecule is O=C1N(Cc2ccccc2)CCC1(I)I. The minimum atomic E-state index is -0.218. The summed E-state index contributed by atoms with van der Waals surface area (Å²) < 4.78 is -0.218. The summed E-state index contributed by atoms with van der Waals surface area (Å²) in [4.78, 5) is 13.9. The van der Waals surface area contributed by atoms with Gasteiger partial charge in [-0.2, -0.15) is 0 Å². The fourth-order valence-electron chi connectivity index (χ4n) is 1.67. The van der Waals surface area contributed by atoms with E-state index in [1.54, 1.807) is 0 Å². The van der Waals surface area contributed by atoms with Gasteiger partial charge in [0.05, 0.1) is 0 Å². The number of halogens is 2. The van der Waals surface area contributed by atoms with E-state index in [9.17, 15) is 4.79 Å². The molecule has 0 radical (unpaired) electrons. The van der Waals surface area contributed by atoms with Crippen LogP contribution in [-0.4, -0.2) is 18.8 Å². The van der Waals surface area contributed by atoms with Crippen molar-refractivity contribution in [1.82, 2.24) is 4.90 Å². The predicted octanol–water partition coefficient (Wildman–Crippen LogP) is 2.99. The molecule has 1 heterocycles. The molecular formula is C11H11I2NO. The minimum absolute atomic E-state index is 0.218. The molecule has 0 unspecified atom stereocenters. The lowest BCUT2D eigenvalue weighted by Gasteiger charge is -2.17. The van der Waals surface area contributed by atoms with E-state index >= 15 is 0 Å². The first-order chi connectivity index (χ1) is 7.09. The first-order valence-electron chi connectivity index (χ1n) is 4.81. The van der Waals surface area contributed by atoms with E-state index in [1.807, 2.05) is 23.1 Å². The Kier molecular flexibility index (Phi) is 3.54. The zero-order valence-electron chi connectivity index (χ0n) is 8.12. The van der Waals surface area contributed by atoms with Crippen LogP contribution in [0.3, 0.4) is 0 Å². The van der Waals surface area contributed by atoms with Crippen LogP contribution in [-0.2, 0) is 11.3 Å². The molecule has 1 aromatic rings. The molecule has 2 nitrogen and oxygen atoms in total. The van der Waals surface area contributed by atoms with E-state index in [0.717, 1.165) is 19.5 Å². The maximum Gasteiger partial charge on any atom is 0.248 e. The van der Waals surface area contributed by atoms with Gasteiger partial charge >= 0.3 is 0 Å². The first kappa shape index (κ1) is 11.6. The molecule has 0 aromatic heterocycles. The van der Waals surface area contributed by atoms with Gasteiger partial charge in [0.1, 0.15) is 0 Å². The molecule has 0 atom stereocenters. The van der Waals surface area contributed by atoms with Crippen molar-refractivity contribution in [3.63, 3.8) is 0 Å². The molecular weight excluding hydrogens is 416 g/mol. The van der Waals surface area contributed by atoms with Gasteiger partial charge in [-0.3, -0.25) is 4.79 Å². The summed E-state index contributed by atoms with van der Waals surface area (Å²) in [7, 11) is 0. The molecule has 2 rings (SSSR count). The van der Waals surface area contributed by atoms with Gasteiger partial charge in [-0.1, -0.05) is 75.5 Å². The summed E-state index contributed by atoms with van der Waals surface area (Å²) in [5.41, 5.74) is 1.20. The average molecular weight is 427 g/mol. The summed E-state index contributed by atoms with van der Waals surface area (Å²) in [5.74, 6) is 0.257. The zero-order chi connectivity index (χ0) is 10.9. The third-order valence-electron chi connectivity index (χ3n) is 2.51. The number of amides is 1. The molecule has 0 N–H and O–H groups in total. The van der Waals surface area contributed by atoms with E-state index in [2.05, 4.69) is 57.3 Å². The molecule has 1 saturated heterocycles. The van der Waals surface area contributed by atoms with Crippen molar-refractivity contribution in [3.05, 3.63) is 35.9 Å². The second kappa shape index (κ2) is 4.57. The molecule has 15 heavy (non-hydrogen) atoms. The zero-order valence-corrected chi connectivity index (χ0v) is 12.4. The fraction of sp³-hybridized carbons (Fsp3) is 0.364. The first-order valence-corrected chi connectivity index (χ1v) is 6.96. The van der Waals surface area contributed by atoms with Crippen LogP contribution in [0.4, 0.5) is 0 Å². The Hall–Kier alpha value is 0.150. The molecule has 0 saturated carbocycles. The lowest BCUT2D eigenvalue weighted by atomic mass is 10.2. The topological polar surface area (TPSA) is 20.3 Å². The van der Waals surface area contributed by atoms with Gasteiger partial charge in [0.25, 0.3) is 0 Å². The van der Waals surface area contributed by atoms with Crippen molar-refractivity contribution in [1.29, 1.82) is 0 Å². The highest BCUT2D eigenvalue weighted by atomic mass is 127.